The average Bonchev–Trinajstić information content (AvgIpc) is 2.92. The van der Waals surface area contributed by atoms with E-state index >= 15 is 0 Å². The molecule has 7 nitrogen and oxygen atoms in total. The molecule has 0 aliphatic heterocycles. The third kappa shape index (κ3) is 6.64. The lowest BCUT2D eigenvalue weighted by atomic mass is 9.83. The molecular formula is C32H48O7. The zero-order chi connectivity index (χ0) is 29.9. The largest absolute Gasteiger partial charge is 0.465 e. The highest BCUT2D eigenvalue weighted by Crippen LogP contribution is 2.33. The maximum absolute atomic E-state index is 13.0. The Morgan fingerprint density at radius 1 is 0.769 bits per heavy atom. The van der Waals surface area contributed by atoms with Crippen LogP contribution >= 0.6 is 0 Å². The van der Waals surface area contributed by atoms with E-state index in [0.717, 1.165) is 0 Å². The summed E-state index contributed by atoms with van der Waals surface area (Å²) >= 11 is 0. The molecule has 0 bridgehead atoms. The van der Waals surface area contributed by atoms with Crippen LogP contribution in [0.1, 0.15) is 118 Å². The Morgan fingerprint density at radius 2 is 1.26 bits per heavy atom. The SMILES string of the molecule is CCc1oc([C@@H](C)C=C(C)[C@@H](O)[C@@H](C)[C@H](O)[C@H](C)c2oc([C@H](C)[C@H](O)CC)c(C)c(=O)c2C)c(C)c(=O)c1C. The van der Waals surface area contributed by atoms with Crippen LogP contribution in [0.5, 0.6) is 0 Å². The van der Waals surface area contributed by atoms with Gasteiger partial charge in [0.25, 0.3) is 0 Å². The normalized spacial score (nSPS) is 17.8. The van der Waals surface area contributed by atoms with Crippen molar-refractivity contribution in [2.75, 3.05) is 0 Å². The Morgan fingerprint density at radius 3 is 1.77 bits per heavy atom. The Hall–Kier alpha value is -2.48. The number of rotatable bonds is 11. The van der Waals surface area contributed by atoms with Gasteiger partial charge in [-0.25, -0.2) is 0 Å². The number of allylic oxidation sites excluding steroid dienone is 1. The van der Waals surface area contributed by atoms with Gasteiger partial charge in [-0.3, -0.25) is 9.59 Å². The third-order valence-electron chi connectivity index (χ3n) is 8.43. The van der Waals surface area contributed by atoms with E-state index in [-0.39, 0.29) is 22.7 Å². The topological polar surface area (TPSA) is 121 Å². The van der Waals surface area contributed by atoms with Crippen LogP contribution < -0.4 is 10.9 Å². The molecule has 218 valence electrons. The Bertz CT molecular complexity index is 1300. The highest BCUT2D eigenvalue weighted by Gasteiger charge is 2.33. The lowest BCUT2D eigenvalue weighted by Crippen LogP contribution is -2.35. The number of aryl methyl sites for hydroxylation is 1. The van der Waals surface area contributed by atoms with Crippen molar-refractivity contribution in [3.05, 3.63) is 77.4 Å². The smallest absolute Gasteiger partial charge is 0.191 e. The fourth-order valence-electron chi connectivity index (χ4n) is 5.53. The van der Waals surface area contributed by atoms with Gasteiger partial charge in [0.05, 0.1) is 18.3 Å². The van der Waals surface area contributed by atoms with Crippen molar-refractivity contribution in [3.63, 3.8) is 0 Å². The van der Waals surface area contributed by atoms with Crippen LogP contribution in [0, 0.1) is 33.6 Å². The summed E-state index contributed by atoms with van der Waals surface area (Å²) < 4.78 is 12.3. The van der Waals surface area contributed by atoms with Gasteiger partial charge in [0.1, 0.15) is 23.0 Å². The Balaban J connectivity index is 2.38. The van der Waals surface area contributed by atoms with Crippen LogP contribution in [0.2, 0.25) is 0 Å². The number of hydrogen-bond donors (Lipinski definition) is 3. The van der Waals surface area contributed by atoms with E-state index in [0.29, 0.717) is 63.7 Å². The van der Waals surface area contributed by atoms with Crippen LogP contribution in [-0.2, 0) is 6.42 Å². The first-order chi connectivity index (χ1) is 18.1. The fraction of sp³-hybridized carbons (Fsp3) is 0.625. The van der Waals surface area contributed by atoms with Crippen molar-refractivity contribution in [2.24, 2.45) is 5.92 Å². The zero-order valence-electron chi connectivity index (χ0n) is 25.5. The van der Waals surface area contributed by atoms with Gasteiger partial charge in [0.15, 0.2) is 10.9 Å². The van der Waals surface area contributed by atoms with Crippen LogP contribution in [0.3, 0.4) is 0 Å². The average molecular weight is 545 g/mol. The van der Waals surface area contributed by atoms with Crippen LogP contribution in [0.25, 0.3) is 0 Å². The van der Waals surface area contributed by atoms with E-state index in [2.05, 4.69) is 0 Å². The molecule has 3 N–H and O–H groups in total. The summed E-state index contributed by atoms with van der Waals surface area (Å²) in [5.74, 6) is 0.215. The summed E-state index contributed by atoms with van der Waals surface area (Å²) in [7, 11) is 0. The summed E-state index contributed by atoms with van der Waals surface area (Å²) in [6.45, 7) is 19.8. The van der Waals surface area contributed by atoms with Crippen LogP contribution in [0.4, 0.5) is 0 Å². The minimum atomic E-state index is -1.02. The second-order valence-electron chi connectivity index (χ2n) is 11.3. The molecule has 0 saturated heterocycles. The van der Waals surface area contributed by atoms with Gasteiger partial charge in [-0.1, -0.05) is 47.6 Å². The van der Waals surface area contributed by atoms with E-state index in [9.17, 15) is 24.9 Å². The summed E-state index contributed by atoms with van der Waals surface area (Å²) in [5, 5.41) is 32.9. The summed E-state index contributed by atoms with van der Waals surface area (Å²) in [5.41, 5.74) is 2.50. The van der Waals surface area contributed by atoms with E-state index in [1.54, 1.807) is 48.5 Å². The predicted molar refractivity (Wildman–Crippen MR) is 155 cm³/mol. The maximum atomic E-state index is 13.0. The Kier molecular flexibility index (Phi) is 11.1. The van der Waals surface area contributed by atoms with Gasteiger partial charge in [-0.05, 0) is 46.6 Å². The van der Waals surface area contributed by atoms with Crippen molar-refractivity contribution in [2.45, 2.75) is 125 Å². The van der Waals surface area contributed by atoms with E-state index < -0.39 is 30.1 Å². The number of aliphatic hydroxyl groups is 3. The van der Waals surface area contributed by atoms with E-state index in [4.69, 9.17) is 8.83 Å². The molecule has 2 heterocycles. The lowest BCUT2D eigenvalue weighted by molar-refractivity contribution is 0.0212. The molecule has 0 amide bonds. The molecule has 2 rings (SSSR count). The molecule has 2 aromatic rings. The molecule has 0 aromatic carbocycles. The summed E-state index contributed by atoms with van der Waals surface area (Å²) in [6, 6.07) is 0. The fourth-order valence-corrected chi connectivity index (χ4v) is 5.53. The minimum absolute atomic E-state index is 0.0285. The predicted octanol–water partition coefficient (Wildman–Crippen LogP) is 5.47. The molecule has 0 radical (unpaired) electrons. The third-order valence-corrected chi connectivity index (χ3v) is 8.43. The Labute approximate surface area is 232 Å². The first-order valence-corrected chi connectivity index (χ1v) is 14.1. The number of aliphatic hydroxyl groups excluding tert-OH is 3. The van der Waals surface area contributed by atoms with Crippen molar-refractivity contribution in [3.8, 4) is 0 Å². The highest BCUT2D eigenvalue weighted by atomic mass is 16.4. The lowest BCUT2D eigenvalue weighted by Gasteiger charge is -2.30. The van der Waals surface area contributed by atoms with E-state index in [1.807, 2.05) is 33.8 Å². The van der Waals surface area contributed by atoms with Crippen molar-refractivity contribution >= 4 is 0 Å². The van der Waals surface area contributed by atoms with Crippen LogP contribution in [-0.4, -0.2) is 33.6 Å². The maximum Gasteiger partial charge on any atom is 0.191 e. The molecule has 0 spiro atoms. The van der Waals surface area contributed by atoms with Gasteiger partial charge in [-0.15, -0.1) is 0 Å². The van der Waals surface area contributed by atoms with Crippen LogP contribution in [0.15, 0.2) is 30.1 Å². The molecule has 0 aliphatic rings. The van der Waals surface area contributed by atoms with E-state index in [1.165, 1.54) is 0 Å². The first-order valence-electron chi connectivity index (χ1n) is 14.1. The van der Waals surface area contributed by atoms with Crippen molar-refractivity contribution in [1.82, 2.24) is 0 Å². The molecule has 39 heavy (non-hydrogen) atoms. The monoisotopic (exact) mass is 544 g/mol. The molecule has 2 aromatic heterocycles. The second-order valence-corrected chi connectivity index (χ2v) is 11.3. The van der Waals surface area contributed by atoms with Gasteiger partial charge in [0.2, 0.25) is 0 Å². The molecule has 7 atom stereocenters. The van der Waals surface area contributed by atoms with Gasteiger partial charge >= 0.3 is 0 Å². The molecule has 0 unspecified atom stereocenters. The molecule has 0 aliphatic carbocycles. The van der Waals surface area contributed by atoms with Gasteiger partial charge < -0.3 is 24.2 Å². The summed E-state index contributed by atoms with van der Waals surface area (Å²) in [6.07, 6.45) is 0.332. The second kappa shape index (κ2) is 13.2. The molecule has 7 heteroatoms. The molecule has 0 saturated carbocycles. The van der Waals surface area contributed by atoms with Gasteiger partial charge in [-0.2, -0.15) is 0 Å². The summed E-state index contributed by atoms with van der Waals surface area (Å²) in [4.78, 5) is 25.7. The standard InChI is InChI=1S/C32H48O7/c1-12-24(33)17(5)31-22(10)29(37)23(11)32(39-31)21(9)28(36)19(7)26(34)15(3)14-16(4)30-20(8)27(35)18(6)25(13-2)38-30/h14,16-17,19,21,24,26,28,33-34,36H,12-13H2,1-11H3/t16-,17+,19+,21-,24+,26+,28-/m0/s1. The minimum Gasteiger partial charge on any atom is -0.465 e. The first kappa shape index (κ1) is 32.7. The van der Waals surface area contributed by atoms with Crippen molar-refractivity contribution < 1.29 is 24.2 Å². The van der Waals surface area contributed by atoms with Crippen molar-refractivity contribution in [1.29, 1.82) is 0 Å². The molecule has 0 fully saturated rings. The molecular weight excluding hydrogens is 496 g/mol. The van der Waals surface area contributed by atoms with Gasteiger partial charge in [0, 0.05) is 52.3 Å². The number of hydrogen-bond acceptors (Lipinski definition) is 7. The highest BCUT2D eigenvalue weighted by molar-refractivity contribution is 5.32. The zero-order valence-corrected chi connectivity index (χ0v) is 25.5. The quantitative estimate of drug-likeness (QED) is 0.321.